The lowest BCUT2D eigenvalue weighted by Crippen LogP contribution is -1.99. The smallest absolute Gasteiger partial charge is 0.355 e. The molecule has 0 bridgehead atoms. The Hall–Kier alpha value is -1.84. The summed E-state index contributed by atoms with van der Waals surface area (Å²) in [6, 6.07) is 1.76. The number of carboxylic acid groups (broad SMARTS) is 1. The van der Waals surface area contributed by atoms with Gasteiger partial charge in [-0.3, -0.25) is 0 Å². The number of nitrogens with one attached hydrogen (secondary N) is 1. The van der Waals surface area contributed by atoms with Gasteiger partial charge in [-0.05, 0) is 6.07 Å². The lowest BCUT2D eigenvalue weighted by atomic mass is 10.2. The van der Waals surface area contributed by atoms with Crippen molar-refractivity contribution in [3.63, 3.8) is 0 Å². The van der Waals surface area contributed by atoms with Crippen molar-refractivity contribution in [2.24, 2.45) is 0 Å². The lowest BCUT2D eigenvalue weighted by Gasteiger charge is -1.93. The fraction of sp³-hybridized carbons (Fsp3) is 0. The summed E-state index contributed by atoms with van der Waals surface area (Å²) >= 11 is 0. The van der Waals surface area contributed by atoms with Gasteiger partial charge in [-0.15, -0.1) is 0 Å². The van der Waals surface area contributed by atoms with Crippen LogP contribution in [-0.2, 0) is 0 Å². The fourth-order valence-electron chi connectivity index (χ4n) is 1.15. The molecule has 2 aromatic heterocycles. The van der Waals surface area contributed by atoms with Gasteiger partial charge in [-0.1, -0.05) is 0 Å². The van der Waals surface area contributed by atoms with E-state index in [2.05, 4.69) is 9.97 Å². The van der Waals surface area contributed by atoms with Gasteiger partial charge in [0.2, 0.25) is 0 Å². The minimum absolute atomic E-state index is 0.0914. The Morgan fingerprint density at radius 1 is 1.50 bits per heavy atom. The number of fused-ring (bicyclic) bond motifs is 1. The summed E-state index contributed by atoms with van der Waals surface area (Å²) in [4.78, 5) is 17.2. The van der Waals surface area contributed by atoms with Crippen molar-refractivity contribution >= 4 is 16.7 Å². The molecule has 0 aliphatic rings. The van der Waals surface area contributed by atoms with E-state index in [4.69, 9.17) is 5.11 Å². The first-order valence-electron chi connectivity index (χ1n) is 3.44. The Morgan fingerprint density at radius 2 is 2.33 bits per heavy atom. The molecule has 0 fully saturated rings. The molecule has 2 heterocycles. The third-order valence-electron chi connectivity index (χ3n) is 1.69. The molecule has 0 saturated heterocycles. The minimum Gasteiger partial charge on any atom is -0.476 e. The number of hydrogen-bond donors (Lipinski definition) is 2. The monoisotopic (exact) mass is 162 g/mol. The van der Waals surface area contributed by atoms with E-state index in [0.29, 0.717) is 5.39 Å². The Morgan fingerprint density at radius 3 is 3.08 bits per heavy atom. The van der Waals surface area contributed by atoms with Crippen LogP contribution in [0.25, 0.3) is 10.8 Å². The van der Waals surface area contributed by atoms with Crippen LogP contribution < -0.4 is 0 Å². The van der Waals surface area contributed by atoms with Crippen molar-refractivity contribution < 1.29 is 9.90 Å². The largest absolute Gasteiger partial charge is 0.476 e. The summed E-state index contributed by atoms with van der Waals surface area (Å²) in [5.74, 6) is -1.000. The fourth-order valence-corrected chi connectivity index (χ4v) is 1.15. The van der Waals surface area contributed by atoms with E-state index in [1.165, 1.54) is 6.20 Å². The van der Waals surface area contributed by atoms with Crippen LogP contribution in [0, 0.1) is 0 Å². The summed E-state index contributed by atoms with van der Waals surface area (Å²) in [6.07, 6.45) is 4.86. The van der Waals surface area contributed by atoms with Gasteiger partial charge < -0.3 is 10.1 Å². The Balaban J connectivity index is 2.82. The van der Waals surface area contributed by atoms with Crippen molar-refractivity contribution in [3.8, 4) is 0 Å². The van der Waals surface area contributed by atoms with Crippen molar-refractivity contribution in [2.75, 3.05) is 0 Å². The topological polar surface area (TPSA) is 66.0 Å². The Bertz CT molecular complexity index is 433. The molecule has 12 heavy (non-hydrogen) atoms. The molecule has 0 radical (unpaired) electrons. The predicted octanol–water partition coefficient (Wildman–Crippen LogP) is 1.26. The zero-order valence-corrected chi connectivity index (χ0v) is 6.11. The highest BCUT2D eigenvalue weighted by Crippen LogP contribution is 2.15. The van der Waals surface area contributed by atoms with E-state index in [0.717, 1.165) is 5.39 Å². The first-order chi connectivity index (χ1) is 5.79. The average molecular weight is 162 g/mol. The normalized spacial score (nSPS) is 10.3. The van der Waals surface area contributed by atoms with Crippen LogP contribution in [0.3, 0.4) is 0 Å². The SMILES string of the molecule is O=C(O)c1nccc2c[nH]cc12. The molecule has 60 valence electrons. The number of aromatic amines is 1. The van der Waals surface area contributed by atoms with E-state index in [1.54, 1.807) is 18.5 Å². The second-order valence-electron chi connectivity index (χ2n) is 2.42. The van der Waals surface area contributed by atoms with Crippen LogP contribution in [0.1, 0.15) is 10.5 Å². The highest BCUT2D eigenvalue weighted by Gasteiger charge is 2.08. The molecule has 2 rings (SSSR count). The van der Waals surface area contributed by atoms with Crippen molar-refractivity contribution in [1.29, 1.82) is 0 Å². The van der Waals surface area contributed by atoms with Crippen LogP contribution >= 0.6 is 0 Å². The van der Waals surface area contributed by atoms with Crippen LogP contribution in [0.2, 0.25) is 0 Å². The second kappa shape index (κ2) is 2.34. The summed E-state index contributed by atoms with van der Waals surface area (Å²) in [6.45, 7) is 0. The van der Waals surface area contributed by atoms with Gasteiger partial charge in [0.05, 0.1) is 0 Å². The number of carbonyl (C=O) groups is 1. The second-order valence-corrected chi connectivity index (χ2v) is 2.42. The highest BCUT2D eigenvalue weighted by molar-refractivity contribution is 6.01. The van der Waals surface area contributed by atoms with Crippen molar-refractivity contribution in [2.45, 2.75) is 0 Å². The van der Waals surface area contributed by atoms with Crippen molar-refractivity contribution in [3.05, 3.63) is 30.4 Å². The molecule has 0 atom stereocenters. The number of hydrogen-bond acceptors (Lipinski definition) is 2. The molecule has 0 unspecified atom stereocenters. The van der Waals surface area contributed by atoms with Crippen molar-refractivity contribution in [1.82, 2.24) is 9.97 Å². The van der Waals surface area contributed by atoms with E-state index in [-0.39, 0.29) is 5.69 Å². The molecule has 0 aliphatic heterocycles. The van der Waals surface area contributed by atoms with Gasteiger partial charge >= 0.3 is 5.97 Å². The van der Waals surface area contributed by atoms with Gasteiger partial charge in [-0.2, -0.15) is 0 Å². The lowest BCUT2D eigenvalue weighted by molar-refractivity contribution is 0.0693. The molecule has 4 nitrogen and oxygen atoms in total. The highest BCUT2D eigenvalue weighted by atomic mass is 16.4. The molecule has 0 saturated carbocycles. The summed E-state index contributed by atoms with van der Waals surface area (Å²) in [5, 5.41) is 10.2. The summed E-state index contributed by atoms with van der Waals surface area (Å²) in [5.41, 5.74) is 0.0914. The number of carboxylic acids is 1. The molecule has 0 aliphatic carbocycles. The van der Waals surface area contributed by atoms with Gasteiger partial charge in [-0.25, -0.2) is 9.78 Å². The van der Waals surface area contributed by atoms with Gasteiger partial charge in [0, 0.05) is 29.4 Å². The molecular weight excluding hydrogens is 156 g/mol. The predicted molar refractivity (Wildman–Crippen MR) is 43.1 cm³/mol. The van der Waals surface area contributed by atoms with E-state index in [1.807, 2.05) is 0 Å². The third-order valence-corrected chi connectivity index (χ3v) is 1.69. The van der Waals surface area contributed by atoms with Crippen LogP contribution in [0.4, 0.5) is 0 Å². The zero-order chi connectivity index (χ0) is 8.55. The maximum absolute atomic E-state index is 10.6. The Kier molecular flexibility index (Phi) is 1.33. The summed E-state index contributed by atoms with van der Waals surface area (Å²) in [7, 11) is 0. The van der Waals surface area contributed by atoms with E-state index in [9.17, 15) is 4.79 Å². The first kappa shape index (κ1) is 6.84. The molecule has 4 heteroatoms. The van der Waals surface area contributed by atoms with Gasteiger partial charge in [0.25, 0.3) is 0 Å². The van der Waals surface area contributed by atoms with Gasteiger partial charge in [0.1, 0.15) is 0 Å². The number of H-pyrrole nitrogens is 1. The summed E-state index contributed by atoms with van der Waals surface area (Å²) < 4.78 is 0. The molecule has 2 aromatic rings. The van der Waals surface area contributed by atoms with E-state index >= 15 is 0 Å². The van der Waals surface area contributed by atoms with E-state index < -0.39 is 5.97 Å². The molecule has 0 amide bonds. The quantitative estimate of drug-likeness (QED) is 0.663. The van der Waals surface area contributed by atoms with Gasteiger partial charge in [0.15, 0.2) is 5.69 Å². The van der Waals surface area contributed by atoms with Crippen LogP contribution in [-0.4, -0.2) is 21.0 Å². The number of nitrogens with zero attached hydrogens (tertiary/aromatic N) is 1. The first-order valence-corrected chi connectivity index (χ1v) is 3.44. The number of aromatic nitrogens is 2. The standard InChI is InChI=1S/C8H6N2O2/c11-8(12)7-6-4-9-3-5(6)1-2-10-7/h1-4,9H,(H,11,12). The molecule has 0 spiro atoms. The Labute approximate surface area is 67.9 Å². The third kappa shape index (κ3) is 0.852. The van der Waals surface area contributed by atoms with Crippen LogP contribution in [0.5, 0.6) is 0 Å². The minimum atomic E-state index is -1.000. The number of aromatic carboxylic acids is 1. The zero-order valence-electron chi connectivity index (χ0n) is 6.11. The molecule has 2 N–H and O–H groups in total. The average Bonchev–Trinajstić information content (AvgIpc) is 2.49. The van der Waals surface area contributed by atoms with Crippen LogP contribution in [0.15, 0.2) is 24.7 Å². The molecule has 0 aromatic carbocycles. The number of pyridine rings is 1. The maximum Gasteiger partial charge on any atom is 0.355 e. The molecular formula is C8H6N2O2. The number of rotatable bonds is 1. The maximum atomic E-state index is 10.6.